The summed E-state index contributed by atoms with van der Waals surface area (Å²) in [5.74, 6) is 0.165. The van der Waals surface area contributed by atoms with Crippen molar-refractivity contribution in [2.75, 3.05) is 6.54 Å². The van der Waals surface area contributed by atoms with Crippen LogP contribution in [0, 0.1) is 0 Å². The Labute approximate surface area is 81.4 Å². The third kappa shape index (κ3) is 3.71. The summed E-state index contributed by atoms with van der Waals surface area (Å²) in [7, 11) is 0. The zero-order valence-corrected chi connectivity index (χ0v) is 7.55. The Kier molecular flexibility index (Phi) is 3.43. The summed E-state index contributed by atoms with van der Waals surface area (Å²) in [4.78, 5) is 0. The first-order chi connectivity index (χ1) is 6.51. The smallest absolute Gasteiger partial charge is 0.417 e. The average Bonchev–Trinajstić information content (AvgIpc) is 2.06. The Morgan fingerprint density at radius 3 is 2.14 bits per heavy atom. The summed E-state index contributed by atoms with van der Waals surface area (Å²) in [5.41, 5.74) is 6.36. The van der Waals surface area contributed by atoms with Gasteiger partial charge in [-0.05, 0) is 30.7 Å². The van der Waals surface area contributed by atoms with Gasteiger partial charge in [0.25, 0.3) is 0 Å². The Morgan fingerprint density at radius 1 is 1.14 bits per heavy atom. The molecular weight excluding hydrogens is 186 g/mol. The van der Waals surface area contributed by atoms with E-state index in [1.807, 2.05) is 0 Å². The predicted molar refractivity (Wildman–Crippen MR) is 49.2 cm³/mol. The van der Waals surface area contributed by atoms with Gasteiger partial charge in [0.1, 0.15) is 5.75 Å². The van der Waals surface area contributed by atoms with Crippen molar-refractivity contribution in [1.29, 1.82) is 0 Å². The second kappa shape index (κ2) is 4.39. The normalized spacial score (nSPS) is 11.4. The molecule has 14 heavy (non-hydrogen) atoms. The van der Waals surface area contributed by atoms with Crippen LogP contribution < -0.4 is 10.5 Å². The van der Waals surface area contributed by atoms with Crippen LogP contribution in [0.2, 0.25) is 0 Å². The molecule has 0 fully saturated rings. The first kappa shape index (κ1) is 10.9. The van der Waals surface area contributed by atoms with Crippen LogP contribution in [0.25, 0.3) is 0 Å². The lowest BCUT2D eigenvalue weighted by Gasteiger charge is -2.15. The average molecular weight is 199 g/mol. The van der Waals surface area contributed by atoms with Gasteiger partial charge in [-0.25, -0.2) is 0 Å². The molecule has 0 aliphatic heterocycles. The molecular formula is C9H13NO4. The zero-order chi connectivity index (χ0) is 10.6. The van der Waals surface area contributed by atoms with Crippen LogP contribution in [-0.2, 0) is 6.42 Å². The fraction of sp³-hybridized carbons (Fsp3) is 0.333. The minimum atomic E-state index is -3.13. The molecule has 5 N–H and O–H groups in total. The third-order valence-corrected chi connectivity index (χ3v) is 1.61. The fourth-order valence-corrected chi connectivity index (χ4v) is 1.05. The lowest BCUT2D eigenvalue weighted by atomic mass is 10.1. The molecule has 0 aliphatic rings. The lowest BCUT2D eigenvalue weighted by Crippen LogP contribution is -2.34. The largest absolute Gasteiger partial charge is 0.453 e. The monoisotopic (exact) mass is 199 g/mol. The van der Waals surface area contributed by atoms with Crippen LogP contribution in [0.1, 0.15) is 5.56 Å². The van der Waals surface area contributed by atoms with Crippen molar-refractivity contribution in [1.82, 2.24) is 0 Å². The number of rotatable bonds is 4. The highest BCUT2D eigenvalue weighted by atomic mass is 16.9. The minimum Gasteiger partial charge on any atom is -0.417 e. The van der Waals surface area contributed by atoms with E-state index in [2.05, 4.69) is 4.74 Å². The molecule has 78 valence electrons. The number of ether oxygens (including phenoxy) is 1. The molecule has 1 rings (SSSR count). The van der Waals surface area contributed by atoms with E-state index in [4.69, 9.17) is 21.1 Å². The van der Waals surface area contributed by atoms with Gasteiger partial charge in [-0.15, -0.1) is 0 Å². The van der Waals surface area contributed by atoms with Crippen molar-refractivity contribution < 1.29 is 20.1 Å². The van der Waals surface area contributed by atoms with Gasteiger partial charge in [0.15, 0.2) is 0 Å². The van der Waals surface area contributed by atoms with Gasteiger partial charge in [0.05, 0.1) is 0 Å². The number of aliphatic hydroxyl groups is 3. The molecule has 1 aromatic rings. The molecule has 0 atom stereocenters. The van der Waals surface area contributed by atoms with Crippen LogP contribution in [0.5, 0.6) is 5.75 Å². The van der Waals surface area contributed by atoms with Crippen molar-refractivity contribution in [3.8, 4) is 5.75 Å². The Morgan fingerprint density at radius 2 is 1.71 bits per heavy atom. The summed E-state index contributed by atoms with van der Waals surface area (Å²) >= 11 is 0. The lowest BCUT2D eigenvalue weighted by molar-refractivity contribution is -0.419. The SMILES string of the molecule is NCCc1ccc(OC(O)(O)O)cc1. The quantitative estimate of drug-likeness (QED) is 0.474. The van der Waals surface area contributed by atoms with Crippen LogP contribution in [-0.4, -0.2) is 28.0 Å². The molecule has 0 aromatic heterocycles. The Balaban J connectivity index is 2.64. The van der Waals surface area contributed by atoms with Crippen LogP contribution >= 0.6 is 0 Å². The highest BCUT2D eigenvalue weighted by molar-refractivity contribution is 5.27. The molecule has 0 aliphatic carbocycles. The van der Waals surface area contributed by atoms with Crippen LogP contribution in [0.4, 0.5) is 0 Å². The number of hydrogen-bond acceptors (Lipinski definition) is 5. The molecule has 0 amide bonds. The van der Waals surface area contributed by atoms with Gasteiger partial charge >= 0.3 is 6.16 Å². The number of nitrogens with two attached hydrogens (primary N) is 1. The van der Waals surface area contributed by atoms with Gasteiger partial charge < -0.3 is 25.8 Å². The second-order valence-electron chi connectivity index (χ2n) is 2.86. The van der Waals surface area contributed by atoms with E-state index in [0.29, 0.717) is 6.54 Å². The molecule has 1 aromatic carbocycles. The third-order valence-electron chi connectivity index (χ3n) is 1.61. The van der Waals surface area contributed by atoms with Crippen LogP contribution in [0.3, 0.4) is 0 Å². The highest BCUT2D eigenvalue weighted by Crippen LogP contribution is 2.15. The van der Waals surface area contributed by atoms with E-state index in [1.54, 1.807) is 12.1 Å². The van der Waals surface area contributed by atoms with E-state index >= 15 is 0 Å². The minimum absolute atomic E-state index is 0.165. The van der Waals surface area contributed by atoms with Crippen molar-refractivity contribution in [3.63, 3.8) is 0 Å². The summed E-state index contributed by atoms with van der Waals surface area (Å²) in [6, 6.07) is 6.49. The highest BCUT2D eigenvalue weighted by Gasteiger charge is 2.20. The molecule has 5 heteroatoms. The Hall–Kier alpha value is -1.14. The van der Waals surface area contributed by atoms with Gasteiger partial charge in [0.2, 0.25) is 0 Å². The molecule has 0 unspecified atom stereocenters. The topological polar surface area (TPSA) is 95.9 Å². The molecule has 0 bridgehead atoms. The Bertz CT molecular complexity index is 278. The van der Waals surface area contributed by atoms with Crippen molar-refractivity contribution in [2.24, 2.45) is 5.73 Å². The molecule has 0 saturated carbocycles. The van der Waals surface area contributed by atoms with Crippen molar-refractivity contribution in [2.45, 2.75) is 12.6 Å². The van der Waals surface area contributed by atoms with E-state index in [0.717, 1.165) is 12.0 Å². The summed E-state index contributed by atoms with van der Waals surface area (Å²) in [6.07, 6.45) is -2.39. The van der Waals surface area contributed by atoms with Gasteiger partial charge in [0, 0.05) is 0 Å². The first-order valence-electron chi connectivity index (χ1n) is 4.16. The van der Waals surface area contributed by atoms with E-state index in [9.17, 15) is 0 Å². The van der Waals surface area contributed by atoms with E-state index in [1.165, 1.54) is 12.1 Å². The van der Waals surface area contributed by atoms with Gasteiger partial charge in [-0.1, -0.05) is 12.1 Å². The number of hydrogen-bond donors (Lipinski definition) is 4. The summed E-state index contributed by atoms with van der Waals surface area (Å²) in [6.45, 7) is 0.546. The maximum Gasteiger partial charge on any atom is 0.453 e. The maximum atomic E-state index is 8.51. The molecule has 0 spiro atoms. The molecule has 0 radical (unpaired) electrons. The standard InChI is InChI=1S/C9H13NO4/c10-6-5-7-1-3-8(4-2-7)14-9(11,12)13/h1-4,11-13H,5-6,10H2. The van der Waals surface area contributed by atoms with E-state index < -0.39 is 6.16 Å². The number of benzene rings is 1. The fourth-order valence-electron chi connectivity index (χ4n) is 1.05. The molecule has 0 saturated heterocycles. The van der Waals surface area contributed by atoms with Gasteiger partial charge in [-0.3, -0.25) is 0 Å². The summed E-state index contributed by atoms with van der Waals surface area (Å²) in [5, 5.41) is 25.5. The molecule has 5 nitrogen and oxygen atoms in total. The van der Waals surface area contributed by atoms with Gasteiger partial charge in [-0.2, -0.15) is 0 Å². The zero-order valence-electron chi connectivity index (χ0n) is 7.55. The van der Waals surface area contributed by atoms with Crippen molar-refractivity contribution in [3.05, 3.63) is 29.8 Å². The van der Waals surface area contributed by atoms with E-state index in [-0.39, 0.29) is 5.75 Å². The predicted octanol–water partition coefficient (Wildman–Crippen LogP) is -0.845. The molecule has 0 heterocycles. The first-order valence-corrected chi connectivity index (χ1v) is 4.16. The second-order valence-corrected chi connectivity index (χ2v) is 2.86. The van der Waals surface area contributed by atoms with Crippen LogP contribution in [0.15, 0.2) is 24.3 Å². The maximum absolute atomic E-state index is 8.51. The summed E-state index contributed by atoms with van der Waals surface area (Å²) < 4.78 is 4.37. The van der Waals surface area contributed by atoms with Crippen molar-refractivity contribution >= 4 is 0 Å².